The van der Waals surface area contributed by atoms with Crippen molar-refractivity contribution in [1.29, 1.82) is 0 Å². The highest BCUT2D eigenvalue weighted by Gasteiger charge is 2.06. The molecule has 5 heteroatoms. The van der Waals surface area contributed by atoms with Gasteiger partial charge in [-0.1, -0.05) is 23.7 Å². The molecule has 3 aromatic rings. The third-order valence-corrected chi connectivity index (χ3v) is 5.15. The Balaban J connectivity index is 1.62. The molecule has 1 heterocycles. The zero-order chi connectivity index (χ0) is 20.8. The van der Waals surface area contributed by atoms with Gasteiger partial charge in [-0.05, 0) is 74.9 Å². The van der Waals surface area contributed by atoms with Crippen molar-refractivity contribution in [3.8, 4) is 11.3 Å². The highest BCUT2D eigenvalue weighted by Crippen LogP contribution is 2.27. The van der Waals surface area contributed by atoms with E-state index in [-0.39, 0.29) is 5.91 Å². The van der Waals surface area contributed by atoms with Crippen molar-refractivity contribution < 1.29 is 9.21 Å². The molecule has 150 valence electrons. The van der Waals surface area contributed by atoms with E-state index < -0.39 is 0 Å². The van der Waals surface area contributed by atoms with E-state index >= 15 is 0 Å². The predicted molar refractivity (Wildman–Crippen MR) is 122 cm³/mol. The number of nitrogens with zero attached hydrogens (tertiary/aromatic N) is 1. The minimum Gasteiger partial charge on any atom is -0.457 e. The molecule has 0 aliphatic carbocycles. The van der Waals surface area contributed by atoms with Gasteiger partial charge in [-0.25, -0.2) is 0 Å². The second-order valence-corrected chi connectivity index (χ2v) is 7.11. The van der Waals surface area contributed by atoms with Gasteiger partial charge in [-0.2, -0.15) is 0 Å². The van der Waals surface area contributed by atoms with Crippen molar-refractivity contribution in [2.24, 2.45) is 0 Å². The molecule has 0 radical (unpaired) electrons. The molecule has 0 atom stereocenters. The maximum absolute atomic E-state index is 12.2. The number of hydrogen-bond acceptors (Lipinski definition) is 3. The molecule has 0 fully saturated rings. The average Bonchev–Trinajstić information content (AvgIpc) is 3.20. The third-order valence-electron chi connectivity index (χ3n) is 4.75. The Hall–Kier alpha value is -2.98. The normalized spacial score (nSPS) is 11.0. The summed E-state index contributed by atoms with van der Waals surface area (Å²) in [5.41, 5.74) is 3.81. The lowest BCUT2D eigenvalue weighted by Gasteiger charge is -2.21. The van der Waals surface area contributed by atoms with Crippen molar-refractivity contribution in [1.82, 2.24) is 0 Å². The summed E-state index contributed by atoms with van der Waals surface area (Å²) < 4.78 is 5.80. The maximum atomic E-state index is 12.2. The van der Waals surface area contributed by atoms with Crippen molar-refractivity contribution in [3.05, 3.63) is 77.0 Å². The van der Waals surface area contributed by atoms with Gasteiger partial charge in [-0.3, -0.25) is 4.79 Å². The van der Waals surface area contributed by atoms with Crippen LogP contribution in [0.15, 0.2) is 65.1 Å². The van der Waals surface area contributed by atoms with Crippen LogP contribution in [-0.4, -0.2) is 19.0 Å². The summed E-state index contributed by atoms with van der Waals surface area (Å²) in [7, 11) is 0. The van der Waals surface area contributed by atoms with Gasteiger partial charge < -0.3 is 14.6 Å². The lowest BCUT2D eigenvalue weighted by atomic mass is 10.1. The second kappa shape index (κ2) is 9.48. The van der Waals surface area contributed by atoms with Crippen LogP contribution >= 0.6 is 11.6 Å². The van der Waals surface area contributed by atoms with E-state index in [2.05, 4.69) is 24.1 Å². The minimum absolute atomic E-state index is 0.211. The first-order valence-electron chi connectivity index (χ1n) is 9.70. The first-order chi connectivity index (χ1) is 14.0. The average molecular weight is 409 g/mol. The fourth-order valence-electron chi connectivity index (χ4n) is 3.03. The number of rotatable bonds is 7. The van der Waals surface area contributed by atoms with Gasteiger partial charge in [0.05, 0.1) is 0 Å². The number of carbonyl (C=O) groups excluding carboxylic acids is 1. The van der Waals surface area contributed by atoms with Gasteiger partial charge in [0.1, 0.15) is 11.5 Å². The molecule has 0 unspecified atom stereocenters. The molecule has 4 nitrogen and oxygen atoms in total. The summed E-state index contributed by atoms with van der Waals surface area (Å²) in [6.45, 7) is 8.10. The number of benzene rings is 2. The Morgan fingerprint density at radius 2 is 1.79 bits per heavy atom. The van der Waals surface area contributed by atoms with Crippen LogP contribution in [0.2, 0.25) is 5.02 Å². The molecular weight excluding hydrogens is 384 g/mol. The van der Waals surface area contributed by atoms with Gasteiger partial charge in [0, 0.05) is 41.1 Å². The van der Waals surface area contributed by atoms with E-state index in [1.807, 2.05) is 61.5 Å². The quantitative estimate of drug-likeness (QED) is 0.459. The molecule has 1 aromatic heterocycles. The van der Waals surface area contributed by atoms with Crippen molar-refractivity contribution in [2.75, 3.05) is 23.3 Å². The maximum Gasteiger partial charge on any atom is 0.248 e. The van der Waals surface area contributed by atoms with Gasteiger partial charge in [0.15, 0.2) is 0 Å². The third kappa shape index (κ3) is 5.30. The van der Waals surface area contributed by atoms with Crippen molar-refractivity contribution in [2.45, 2.75) is 20.8 Å². The number of furan rings is 1. The van der Waals surface area contributed by atoms with Crippen LogP contribution in [0.25, 0.3) is 17.4 Å². The van der Waals surface area contributed by atoms with Crippen LogP contribution in [0.4, 0.5) is 11.4 Å². The van der Waals surface area contributed by atoms with Crippen molar-refractivity contribution in [3.63, 3.8) is 0 Å². The molecule has 0 saturated heterocycles. The van der Waals surface area contributed by atoms with E-state index in [0.717, 1.165) is 35.6 Å². The molecular formula is C24H25ClN2O2. The molecule has 0 aliphatic rings. The summed E-state index contributed by atoms with van der Waals surface area (Å²) >= 11 is 6.18. The molecule has 1 N–H and O–H groups in total. The monoisotopic (exact) mass is 408 g/mol. The van der Waals surface area contributed by atoms with Crippen LogP contribution in [0.5, 0.6) is 0 Å². The summed E-state index contributed by atoms with van der Waals surface area (Å²) in [6.07, 6.45) is 3.11. The van der Waals surface area contributed by atoms with E-state index in [1.54, 1.807) is 6.08 Å². The van der Waals surface area contributed by atoms with Crippen LogP contribution in [-0.2, 0) is 4.79 Å². The summed E-state index contributed by atoms with van der Waals surface area (Å²) in [4.78, 5) is 14.5. The number of anilines is 2. The Labute approximate surface area is 176 Å². The van der Waals surface area contributed by atoms with Crippen molar-refractivity contribution >= 4 is 35.0 Å². The van der Waals surface area contributed by atoms with E-state index in [4.69, 9.17) is 16.0 Å². The molecule has 1 amide bonds. The lowest BCUT2D eigenvalue weighted by molar-refractivity contribution is -0.111. The molecule has 0 bridgehead atoms. The van der Waals surface area contributed by atoms with E-state index in [0.29, 0.717) is 16.5 Å². The minimum atomic E-state index is -0.211. The van der Waals surface area contributed by atoms with Crippen LogP contribution in [0.1, 0.15) is 25.2 Å². The number of carbonyl (C=O) groups is 1. The Bertz CT molecular complexity index is 1000. The van der Waals surface area contributed by atoms with Crippen LogP contribution in [0, 0.1) is 6.92 Å². The van der Waals surface area contributed by atoms with Gasteiger partial charge >= 0.3 is 0 Å². The fraction of sp³-hybridized carbons (Fsp3) is 0.208. The Morgan fingerprint density at radius 3 is 2.45 bits per heavy atom. The van der Waals surface area contributed by atoms with Gasteiger partial charge in [-0.15, -0.1) is 0 Å². The zero-order valence-electron chi connectivity index (χ0n) is 16.9. The summed E-state index contributed by atoms with van der Waals surface area (Å²) in [5, 5.41) is 3.56. The van der Waals surface area contributed by atoms with Crippen LogP contribution in [0.3, 0.4) is 0 Å². The predicted octanol–water partition coefficient (Wildman–Crippen LogP) is 6.41. The molecule has 3 rings (SSSR count). The lowest BCUT2D eigenvalue weighted by Crippen LogP contribution is -2.21. The second-order valence-electron chi connectivity index (χ2n) is 6.71. The number of hydrogen-bond donors (Lipinski definition) is 1. The standard InChI is InChI=1S/C24H25ClN2O2/c1-4-27(5-2)20-10-8-19(9-11-20)26-24(28)15-13-21-12-14-23(29-21)18-7-6-17(3)22(25)16-18/h6-16H,4-5H2,1-3H3,(H,26,28). The SMILES string of the molecule is CCN(CC)c1ccc(NC(=O)C=Cc2ccc(-c3ccc(C)c(Cl)c3)o2)cc1. The highest BCUT2D eigenvalue weighted by molar-refractivity contribution is 6.31. The Morgan fingerprint density at radius 1 is 1.07 bits per heavy atom. The molecule has 0 aliphatic heterocycles. The Kier molecular flexibility index (Phi) is 6.78. The number of amides is 1. The zero-order valence-corrected chi connectivity index (χ0v) is 17.7. The molecule has 0 spiro atoms. The smallest absolute Gasteiger partial charge is 0.248 e. The molecule has 0 saturated carbocycles. The topological polar surface area (TPSA) is 45.5 Å². The van der Waals surface area contributed by atoms with E-state index in [1.165, 1.54) is 6.08 Å². The number of aryl methyl sites for hydroxylation is 1. The fourth-order valence-corrected chi connectivity index (χ4v) is 3.21. The van der Waals surface area contributed by atoms with Crippen LogP contribution < -0.4 is 10.2 Å². The van der Waals surface area contributed by atoms with Gasteiger partial charge in [0.25, 0.3) is 0 Å². The molecule has 29 heavy (non-hydrogen) atoms. The first-order valence-corrected chi connectivity index (χ1v) is 10.1. The van der Waals surface area contributed by atoms with E-state index in [9.17, 15) is 4.79 Å². The van der Waals surface area contributed by atoms with Gasteiger partial charge in [0.2, 0.25) is 5.91 Å². The highest BCUT2D eigenvalue weighted by atomic mass is 35.5. The largest absolute Gasteiger partial charge is 0.457 e. The molecule has 2 aromatic carbocycles. The number of nitrogens with one attached hydrogen (secondary N) is 1. The number of halogens is 1. The summed E-state index contributed by atoms with van der Waals surface area (Å²) in [5.74, 6) is 1.10. The summed E-state index contributed by atoms with van der Waals surface area (Å²) in [6, 6.07) is 17.3. The first kappa shape index (κ1) is 20.7.